The number of alkyl halides is 3. The van der Waals surface area contributed by atoms with Crippen LogP contribution in [0.3, 0.4) is 0 Å². The van der Waals surface area contributed by atoms with Gasteiger partial charge >= 0.3 is 6.18 Å². The van der Waals surface area contributed by atoms with Crippen LogP contribution >= 0.6 is 0 Å². The number of piperidine rings is 1. The third kappa shape index (κ3) is 5.08. The second-order valence-corrected chi connectivity index (χ2v) is 5.61. The van der Waals surface area contributed by atoms with Crippen molar-refractivity contribution in [1.82, 2.24) is 9.88 Å². The van der Waals surface area contributed by atoms with Crippen LogP contribution in [0.15, 0.2) is 18.3 Å². The molecule has 2 rings (SSSR count). The Kier molecular flexibility index (Phi) is 4.92. The van der Waals surface area contributed by atoms with E-state index >= 15 is 0 Å². The Morgan fingerprint density at radius 3 is 2.43 bits per heavy atom. The smallest absolute Gasteiger partial charge is 0.381 e. The minimum Gasteiger partial charge on any atom is -0.381 e. The summed E-state index contributed by atoms with van der Waals surface area (Å²) in [5, 5.41) is 3.34. The van der Waals surface area contributed by atoms with Crippen LogP contribution in [0.2, 0.25) is 0 Å². The van der Waals surface area contributed by atoms with E-state index in [0.717, 1.165) is 11.5 Å². The van der Waals surface area contributed by atoms with Gasteiger partial charge in [-0.25, -0.2) is 4.98 Å². The minimum atomic E-state index is -4.10. The molecule has 7 heteroatoms. The van der Waals surface area contributed by atoms with Crippen LogP contribution in [-0.2, 0) is 0 Å². The van der Waals surface area contributed by atoms with Gasteiger partial charge in [-0.2, -0.15) is 13.2 Å². The number of hydrogen-bond donors (Lipinski definition) is 1. The molecule has 4 nitrogen and oxygen atoms in total. The highest BCUT2D eigenvalue weighted by Crippen LogP contribution is 2.21. The quantitative estimate of drug-likeness (QED) is 0.926. The third-order valence-electron chi connectivity index (χ3n) is 3.57. The van der Waals surface area contributed by atoms with Crippen LogP contribution in [0.1, 0.15) is 12.8 Å². The number of hydrogen-bond acceptors (Lipinski definition) is 4. The van der Waals surface area contributed by atoms with E-state index in [2.05, 4.69) is 10.3 Å². The molecule has 21 heavy (non-hydrogen) atoms. The number of nitrogens with zero attached hydrogens (tertiary/aromatic N) is 3. The Hall–Kier alpha value is -1.50. The zero-order valence-electron chi connectivity index (χ0n) is 12.3. The van der Waals surface area contributed by atoms with Crippen molar-refractivity contribution in [3.05, 3.63) is 18.3 Å². The Bertz CT molecular complexity index is 437. The van der Waals surface area contributed by atoms with Gasteiger partial charge in [0.15, 0.2) is 0 Å². The number of pyridine rings is 1. The number of aromatic nitrogens is 1. The highest BCUT2D eigenvalue weighted by Gasteiger charge is 2.32. The van der Waals surface area contributed by atoms with Crippen molar-refractivity contribution in [2.45, 2.75) is 25.1 Å². The maximum absolute atomic E-state index is 12.3. The molecular weight excluding hydrogens is 281 g/mol. The fraction of sp³-hybridized carbons (Fsp3) is 0.643. The molecule has 0 spiro atoms. The van der Waals surface area contributed by atoms with Gasteiger partial charge in [-0.05, 0) is 25.0 Å². The standard InChI is InChI=1S/C14H21F3N4/c1-20(2)13-4-3-12(9-18-13)19-11-5-7-21(8-6-11)10-14(15,16)17/h3-4,9,11,19H,5-8,10H2,1-2H3. The molecule has 0 unspecified atom stereocenters. The van der Waals surface area contributed by atoms with E-state index in [9.17, 15) is 13.2 Å². The fourth-order valence-corrected chi connectivity index (χ4v) is 2.46. The summed E-state index contributed by atoms with van der Waals surface area (Å²) in [6.45, 7) is 0.138. The molecule has 0 aliphatic carbocycles. The zero-order chi connectivity index (χ0) is 15.5. The van der Waals surface area contributed by atoms with Gasteiger partial charge in [0.2, 0.25) is 0 Å². The van der Waals surface area contributed by atoms with Crippen molar-refractivity contribution < 1.29 is 13.2 Å². The van der Waals surface area contributed by atoms with Crippen LogP contribution in [-0.4, -0.2) is 55.8 Å². The molecule has 1 saturated heterocycles. The van der Waals surface area contributed by atoms with Crippen LogP contribution in [0.25, 0.3) is 0 Å². The van der Waals surface area contributed by atoms with Crippen molar-refractivity contribution >= 4 is 11.5 Å². The highest BCUT2D eigenvalue weighted by molar-refractivity contribution is 5.48. The summed E-state index contributed by atoms with van der Waals surface area (Å²) >= 11 is 0. The van der Waals surface area contributed by atoms with Crippen molar-refractivity contribution in [2.75, 3.05) is 43.9 Å². The topological polar surface area (TPSA) is 31.4 Å². The van der Waals surface area contributed by atoms with Gasteiger partial charge in [-0.15, -0.1) is 0 Å². The monoisotopic (exact) mass is 302 g/mol. The minimum absolute atomic E-state index is 0.210. The summed E-state index contributed by atoms with van der Waals surface area (Å²) in [5.74, 6) is 0.876. The predicted molar refractivity (Wildman–Crippen MR) is 77.7 cm³/mol. The van der Waals surface area contributed by atoms with Gasteiger partial charge in [0.1, 0.15) is 5.82 Å². The molecule has 0 amide bonds. The lowest BCUT2D eigenvalue weighted by atomic mass is 10.0. The summed E-state index contributed by atoms with van der Waals surface area (Å²) < 4.78 is 37.0. The average Bonchev–Trinajstić information content (AvgIpc) is 2.40. The fourth-order valence-electron chi connectivity index (χ4n) is 2.46. The van der Waals surface area contributed by atoms with Gasteiger partial charge in [0.25, 0.3) is 0 Å². The first-order valence-corrected chi connectivity index (χ1v) is 7.02. The van der Waals surface area contributed by atoms with Gasteiger partial charge in [-0.3, -0.25) is 4.90 Å². The first kappa shape index (κ1) is 15.9. The first-order valence-electron chi connectivity index (χ1n) is 7.02. The van der Waals surface area contributed by atoms with E-state index in [1.165, 1.54) is 4.90 Å². The maximum Gasteiger partial charge on any atom is 0.401 e. The Balaban J connectivity index is 1.80. The summed E-state index contributed by atoms with van der Waals surface area (Å²) in [6, 6.07) is 4.08. The number of halogens is 3. The van der Waals surface area contributed by atoms with E-state index < -0.39 is 12.7 Å². The van der Waals surface area contributed by atoms with Crippen LogP contribution in [0, 0.1) is 0 Å². The molecule has 0 radical (unpaired) electrons. The van der Waals surface area contributed by atoms with Gasteiger partial charge in [0.05, 0.1) is 18.4 Å². The van der Waals surface area contributed by atoms with E-state index in [1.54, 1.807) is 6.20 Å². The molecule has 0 saturated carbocycles. The van der Waals surface area contributed by atoms with Gasteiger partial charge < -0.3 is 10.2 Å². The number of rotatable bonds is 4. The van der Waals surface area contributed by atoms with Crippen molar-refractivity contribution in [3.63, 3.8) is 0 Å². The molecule has 1 N–H and O–H groups in total. The van der Waals surface area contributed by atoms with Crippen LogP contribution in [0.4, 0.5) is 24.7 Å². The Morgan fingerprint density at radius 2 is 1.95 bits per heavy atom. The Morgan fingerprint density at radius 1 is 1.29 bits per heavy atom. The molecule has 1 aliphatic rings. The third-order valence-corrected chi connectivity index (χ3v) is 3.57. The number of nitrogens with one attached hydrogen (secondary N) is 1. The SMILES string of the molecule is CN(C)c1ccc(NC2CCN(CC(F)(F)F)CC2)cn1. The molecule has 0 atom stereocenters. The summed E-state index contributed by atoms with van der Waals surface area (Å²) in [7, 11) is 3.84. The van der Waals surface area contributed by atoms with Gasteiger partial charge in [-0.1, -0.05) is 0 Å². The van der Waals surface area contributed by atoms with Crippen molar-refractivity contribution in [2.24, 2.45) is 0 Å². The van der Waals surface area contributed by atoms with E-state index in [1.807, 2.05) is 31.1 Å². The second-order valence-electron chi connectivity index (χ2n) is 5.61. The number of anilines is 2. The summed E-state index contributed by atoms with van der Waals surface area (Å²) in [6.07, 6.45) is -0.916. The van der Waals surface area contributed by atoms with Crippen LogP contribution < -0.4 is 10.2 Å². The normalized spacial score (nSPS) is 17.8. The van der Waals surface area contributed by atoms with Crippen molar-refractivity contribution in [3.8, 4) is 0 Å². The Labute approximate surface area is 122 Å². The van der Waals surface area contributed by atoms with E-state index in [4.69, 9.17) is 0 Å². The average molecular weight is 302 g/mol. The molecular formula is C14H21F3N4. The van der Waals surface area contributed by atoms with Gasteiger partial charge in [0, 0.05) is 33.2 Å². The lowest BCUT2D eigenvalue weighted by Crippen LogP contribution is -2.43. The molecule has 1 fully saturated rings. The first-order chi connectivity index (χ1) is 9.83. The van der Waals surface area contributed by atoms with E-state index in [-0.39, 0.29) is 6.04 Å². The summed E-state index contributed by atoms with van der Waals surface area (Å²) in [5.41, 5.74) is 0.912. The van der Waals surface area contributed by atoms with Crippen LogP contribution in [0.5, 0.6) is 0 Å². The largest absolute Gasteiger partial charge is 0.401 e. The van der Waals surface area contributed by atoms with Crippen molar-refractivity contribution in [1.29, 1.82) is 0 Å². The predicted octanol–water partition coefficient (Wildman–Crippen LogP) is 2.59. The molecule has 0 bridgehead atoms. The molecule has 1 aliphatic heterocycles. The summed E-state index contributed by atoms with van der Waals surface area (Å²) in [4.78, 5) is 7.69. The molecule has 2 heterocycles. The number of likely N-dealkylation sites (tertiary alicyclic amines) is 1. The molecule has 118 valence electrons. The zero-order valence-corrected chi connectivity index (χ0v) is 12.3. The maximum atomic E-state index is 12.3. The highest BCUT2D eigenvalue weighted by atomic mass is 19.4. The molecule has 1 aromatic rings. The lowest BCUT2D eigenvalue weighted by Gasteiger charge is -2.33. The van der Waals surface area contributed by atoms with E-state index in [0.29, 0.717) is 25.9 Å². The molecule has 1 aromatic heterocycles. The lowest BCUT2D eigenvalue weighted by molar-refractivity contribution is -0.147. The second kappa shape index (κ2) is 6.51. The molecule has 0 aromatic carbocycles.